The highest BCUT2D eigenvalue weighted by Crippen LogP contribution is 2.36. The van der Waals surface area contributed by atoms with Crippen molar-refractivity contribution in [3.63, 3.8) is 0 Å². The van der Waals surface area contributed by atoms with Gasteiger partial charge < -0.3 is 10.5 Å². The van der Waals surface area contributed by atoms with Crippen LogP contribution >= 0.6 is 11.3 Å². The fourth-order valence-electron chi connectivity index (χ4n) is 2.40. The number of morpholine rings is 1. The van der Waals surface area contributed by atoms with Gasteiger partial charge in [0.25, 0.3) is 0 Å². The predicted molar refractivity (Wildman–Crippen MR) is 75.1 cm³/mol. The summed E-state index contributed by atoms with van der Waals surface area (Å²) in [6, 6.07) is 2.29. The molecule has 2 aromatic rings. The largest absolute Gasteiger partial charge is 0.416 e. The second-order valence-corrected chi connectivity index (χ2v) is 5.98. The van der Waals surface area contributed by atoms with Crippen LogP contribution in [0.1, 0.15) is 11.1 Å². The molecule has 8 heteroatoms. The van der Waals surface area contributed by atoms with Crippen LogP contribution in [0.3, 0.4) is 0 Å². The minimum Gasteiger partial charge on any atom is -0.379 e. The zero-order chi connectivity index (χ0) is 15.0. The minimum atomic E-state index is -4.37. The summed E-state index contributed by atoms with van der Waals surface area (Å²) >= 11 is 1.08. The number of ether oxygens (including phenoxy) is 1. The van der Waals surface area contributed by atoms with E-state index in [1.54, 1.807) is 0 Å². The topological polar surface area (TPSA) is 51.4 Å². The highest BCUT2D eigenvalue weighted by atomic mass is 32.1. The number of nitrogens with zero attached hydrogens (tertiary/aromatic N) is 2. The zero-order valence-electron chi connectivity index (χ0n) is 11.1. The first kappa shape index (κ1) is 14.6. The van der Waals surface area contributed by atoms with E-state index >= 15 is 0 Å². The molecule has 0 bridgehead atoms. The van der Waals surface area contributed by atoms with Crippen LogP contribution in [0.5, 0.6) is 0 Å². The molecule has 0 unspecified atom stereocenters. The average molecular weight is 317 g/mol. The number of alkyl halides is 3. The standard InChI is InChI=1S/C13H14F3N3OS/c14-13(15,16)9-5-8(7-19-1-3-20-4-2-19)11-10(6-9)21-12(17)18-11/h5-6H,1-4,7H2,(H2,17,18). The Balaban J connectivity index is 2.01. The number of rotatable bonds is 2. The Bertz CT molecular complexity index is 650. The van der Waals surface area contributed by atoms with Crippen LogP contribution in [0.2, 0.25) is 0 Å². The number of benzene rings is 1. The van der Waals surface area contributed by atoms with Crippen molar-refractivity contribution < 1.29 is 17.9 Å². The van der Waals surface area contributed by atoms with Gasteiger partial charge in [0.05, 0.1) is 29.0 Å². The molecule has 2 heterocycles. The molecule has 3 rings (SSSR count). The molecule has 0 radical (unpaired) electrons. The number of hydrogen-bond donors (Lipinski definition) is 1. The lowest BCUT2D eigenvalue weighted by molar-refractivity contribution is -0.137. The third-order valence-corrected chi connectivity index (χ3v) is 4.25. The van der Waals surface area contributed by atoms with Crippen LogP contribution in [0, 0.1) is 0 Å². The number of nitrogens with two attached hydrogens (primary N) is 1. The second kappa shape index (κ2) is 5.43. The molecule has 0 atom stereocenters. The smallest absolute Gasteiger partial charge is 0.379 e. The van der Waals surface area contributed by atoms with Gasteiger partial charge in [-0.15, -0.1) is 0 Å². The summed E-state index contributed by atoms with van der Waals surface area (Å²) in [5, 5.41) is 0.285. The van der Waals surface area contributed by atoms with Gasteiger partial charge in [-0.25, -0.2) is 4.98 Å². The van der Waals surface area contributed by atoms with Crippen LogP contribution in [0.25, 0.3) is 10.2 Å². The Kier molecular flexibility index (Phi) is 3.76. The molecule has 2 N–H and O–H groups in total. The maximum absolute atomic E-state index is 13.0. The highest BCUT2D eigenvalue weighted by molar-refractivity contribution is 7.22. The lowest BCUT2D eigenvalue weighted by Crippen LogP contribution is -2.35. The van der Waals surface area contributed by atoms with Crippen molar-refractivity contribution in [3.05, 3.63) is 23.3 Å². The molecule has 0 spiro atoms. The van der Waals surface area contributed by atoms with Crippen molar-refractivity contribution in [3.8, 4) is 0 Å². The number of hydrogen-bond acceptors (Lipinski definition) is 5. The number of anilines is 1. The van der Waals surface area contributed by atoms with E-state index in [9.17, 15) is 13.2 Å². The summed E-state index contributed by atoms with van der Waals surface area (Å²) in [5.74, 6) is 0. The van der Waals surface area contributed by atoms with Gasteiger partial charge in [0, 0.05) is 19.6 Å². The molecule has 21 heavy (non-hydrogen) atoms. The monoisotopic (exact) mass is 317 g/mol. The van der Waals surface area contributed by atoms with E-state index in [0.29, 0.717) is 48.6 Å². The Morgan fingerprint density at radius 1 is 1.29 bits per heavy atom. The Labute approximate surface area is 123 Å². The van der Waals surface area contributed by atoms with Gasteiger partial charge >= 0.3 is 6.18 Å². The molecule has 1 saturated heterocycles. The van der Waals surface area contributed by atoms with E-state index in [4.69, 9.17) is 10.5 Å². The van der Waals surface area contributed by atoms with E-state index in [0.717, 1.165) is 17.4 Å². The number of halogens is 3. The number of thiazole rings is 1. The molecule has 0 saturated carbocycles. The molecule has 0 aliphatic carbocycles. The third kappa shape index (κ3) is 3.12. The van der Waals surface area contributed by atoms with E-state index in [1.165, 1.54) is 6.07 Å². The van der Waals surface area contributed by atoms with Crippen molar-refractivity contribution in [2.75, 3.05) is 32.0 Å². The number of aromatic nitrogens is 1. The lowest BCUT2D eigenvalue weighted by atomic mass is 10.1. The van der Waals surface area contributed by atoms with Gasteiger partial charge in [-0.2, -0.15) is 13.2 Å². The van der Waals surface area contributed by atoms with E-state index in [1.807, 2.05) is 0 Å². The van der Waals surface area contributed by atoms with Crippen molar-refractivity contribution in [1.29, 1.82) is 0 Å². The van der Waals surface area contributed by atoms with Gasteiger partial charge in [0.15, 0.2) is 5.13 Å². The summed E-state index contributed by atoms with van der Waals surface area (Å²) in [7, 11) is 0. The van der Waals surface area contributed by atoms with E-state index < -0.39 is 11.7 Å². The molecular weight excluding hydrogens is 303 g/mol. The van der Waals surface area contributed by atoms with Crippen LogP contribution in [0.4, 0.5) is 18.3 Å². The molecule has 1 aliphatic rings. The first-order chi connectivity index (χ1) is 9.93. The van der Waals surface area contributed by atoms with Crippen molar-refractivity contribution in [1.82, 2.24) is 9.88 Å². The first-order valence-corrected chi connectivity index (χ1v) is 7.31. The zero-order valence-corrected chi connectivity index (χ0v) is 11.9. The molecule has 0 amide bonds. The summed E-state index contributed by atoms with van der Waals surface area (Å²) in [4.78, 5) is 6.24. The summed E-state index contributed by atoms with van der Waals surface area (Å²) in [6.07, 6.45) is -4.37. The van der Waals surface area contributed by atoms with Gasteiger partial charge in [-0.3, -0.25) is 4.90 Å². The quantitative estimate of drug-likeness (QED) is 0.925. The molecule has 1 aliphatic heterocycles. The Morgan fingerprint density at radius 3 is 2.67 bits per heavy atom. The number of fused-ring (bicyclic) bond motifs is 1. The highest BCUT2D eigenvalue weighted by Gasteiger charge is 2.32. The van der Waals surface area contributed by atoms with E-state index in [-0.39, 0.29) is 5.13 Å². The maximum atomic E-state index is 13.0. The first-order valence-electron chi connectivity index (χ1n) is 6.50. The van der Waals surface area contributed by atoms with Gasteiger partial charge in [0.1, 0.15) is 0 Å². The summed E-state index contributed by atoms with van der Waals surface area (Å²) in [6.45, 7) is 3.03. The molecule has 4 nitrogen and oxygen atoms in total. The van der Waals surface area contributed by atoms with E-state index in [2.05, 4.69) is 9.88 Å². The summed E-state index contributed by atoms with van der Waals surface area (Å²) in [5.41, 5.74) is 6.12. The SMILES string of the molecule is Nc1nc2c(CN3CCOCC3)cc(C(F)(F)F)cc2s1. The normalized spacial score (nSPS) is 17.5. The predicted octanol–water partition coefficient (Wildman–Crippen LogP) is 2.73. The molecule has 114 valence electrons. The molecule has 1 aromatic carbocycles. The second-order valence-electron chi connectivity index (χ2n) is 4.92. The average Bonchev–Trinajstić information content (AvgIpc) is 2.79. The Morgan fingerprint density at radius 2 is 2.00 bits per heavy atom. The number of nitrogen functional groups attached to an aromatic ring is 1. The van der Waals surface area contributed by atoms with Crippen LogP contribution in [-0.4, -0.2) is 36.2 Å². The molecule has 1 aromatic heterocycles. The van der Waals surface area contributed by atoms with Crippen LogP contribution in [-0.2, 0) is 17.5 Å². The van der Waals surface area contributed by atoms with Gasteiger partial charge in [0.2, 0.25) is 0 Å². The van der Waals surface area contributed by atoms with Crippen LogP contribution in [0.15, 0.2) is 12.1 Å². The molecule has 1 fully saturated rings. The fourth-order valence-corrected chi connectivity index (χ4v) is 3.22. The fraction of sp³-hybridized carbons (Fsp3) is 0.462. The molecular formula is C13H14F3N3OS. The van der Waals surface area contributed by atoms with Gasteiger partial charge in [-0.1, -0.05) is 11.3 Å². The van der Waals surface area contributed by atoms with Crippen molar-refractivity contribution in [2.24, 2.45) is 0 Å². The maximum Gasteiger partial charge on any atom is 0.416 e. The van der Waals surface area contributed by atoms with Crippen molar-refractivity contribution >= 4 is 26.7 Å². The third-order valence-electron chi connectivity index (χ3n) is 3.42. The lowest BCUT2D eigenvalue weighted by Gasteiger charge is -2.26. The summed E-state index contributed by atoms with van der Waals surface area (Å²) < 4.78 is 44.7. The Hall–Kier alpha value is -1.38. The van der Waals surface area contributed by atoms with Crippen LogP contribution < -0.4 is 5.73 Å². The van der Waals surface area contributed by atoms with Crippen molar-refractivity contribution in [2.45, 2.75) is 12.7 Å². The minimum absolute atomic E-state index is 0.285. The van der Waals surface area contributed by atoms with Gasteiger partial charge in [-0.05, 0) is 17.7 Å².